The molecule has 2 rings (SSSR count). The van der Waals surface area contributed by atoms with Crippen LogP contribution in [0.15, 0.2) is 12.3 Å². The molecule has 0 aliphatic heterocycles. The van der Waals surface area contributed by atoms with E-state index >= 15 is 0 Å². The molecule has 1 N–H and O–H groups in total. The lowest BCUT2D eigenvalue weighted by atomic mass is 9.93. The van der Waals surface area contributed by atoms with Gasteiger partial charge in [-0.2, -0.15) is 5.10 Å². The van der Waals surface area contributed by atoms with Gasteiger partial charge in [-0.25, -0.2) is 0 Å². The molecule has 0 saturated heterocycles. The first-order valence-electron chi connectivity index (χ1n) is 6.02. The van der Waals surface area contributed by atoms with E-state index in [-0.39, 0.29) is 0 Å². The number of hydrogen-bond donors (Lipinski definition) is 1. The molecule has 90 valence electrons. The van der Waals surface area contributed by atoms with E-state index in [0.29, 0.717) is 12.1 Å². The van der Waals surface area contributed by atoms with Crippen molar-refractivity contribution in [3.8, 4) is 0 Å². The number of hydrogen-bond acceptors (Lipinski definition) is 3. The molecule has 1 saturated carbocycles. The minimum Gasteiger partial charge on any atom is -0.381 e. The van der Waals surface area contributed by atoms with Crippen LogP contribution in [0, 0.1) is 0 Å². The van der Waals surface area contributed by atoms with Gasteiger partial charge in [0.25, 0.3) is 0 Å². The number of nitrogens with one attached hydrogen (secondary N) is 1. The van der Waals surface area contributed by atoms with Crippen LogP contribution in [0.2, 0.25) is 0 Å². The average Bonchev–Trinajstić information content (AvgIpc) is 2.73. The third-order valence-electron chi connectivity index (χ3n) is 3.50. The molecule has 1 aliphatic carbocycles. The van der Waals surface area contributed by atoms with Gasteiger partial charge >= 0.3 is 0 Å². The highest BCUT2D eigenvalue weighted by Gasteiger charge is 2.20. The van der Waals surface area contributed by atoms with Gasteiger partial charge in [0.2, 0.25) is 0 Å². The molecular formula is C12H21N3O. The topological polar surface area (TPSA) is 39.1 Å². The van der Waals surface area contributed by atoms with Crippen LogP contribution in [0.25, 0.3) is 0 Å². The first-order chi connectivity index (χ1) is 7.79. The van der Waals surface area contributed by atoms with E-state index in [2.05, 4.69) is 16.5 Å². The fourth-order valence-electron chi connectivity index (χ4n) is 2.33. The second-order valence-corrected chi connectivity index (χ2v) is 4.54. The number of rotatable bonds is 4. The lowest BCUT2D eigenvalue weighted by Gasteiger charge is -2.28. The second kappa shape index (κ2) is 5.46. The normalized spacial score (nSPS) is 25.9. The summed E-state index contributed by atoms with van der Waals surface area (Å²) in [5, 5.41) is 7.76. The molecule has 16 heavy (non-hydrogen) atoms. The summed E-state index contributed by atoms with van der Waals surface area (Å²) < 4.78 is 7.29. The third-order valence-corrected chi connectivity index (χ3v) is 3.50. The van der Waals surface area contributed by atoms with Crippen LogP contribution in [-0.4, -0.2) is 29.0 Å². The molecule has 0 aromatic carbocycles. The highest BCUT2D eigenvalue weighted by atomic mass is 16.5. The van der Waals surface area contributed by atoms with Crippen LogP contribution in [0.1, 0.15) is 31.4 Å². The monoisotopic (exact) mass is 223 g/mol. The first-order valence-corrected chi connectivity index (χ1v) is 6.02. The Morgan fingerprint density at radius 1 is 1.44 bits per heavy atom. The van der Waals surface area contributed by atoms with E-state index in [1.54, 1.807) is 0 Å². The van der Waals surface area contributed by atoms with E-state index in [1.807, 2.05) is 25.0 Å². The summed E-state index contributed by atoms with van der Waals surface area (Å²) in [6.07, 6.45) is 7.12. The van der Waals surface area contributed by atoms with Crippen molar-refractivity contribution in [3.63, 3.8) is 0 Å². The van der Waals surface area contributed by atoms with E-state index in [9.17, 15) is 0 Å². The van der Waals surface area contributed by atoms with E-state index in [0.717, 1.165) is 6.54 Å². The molecule has 1 aromatic heterocycles. The summed E-state index contributed by atoms with van der Waals surface area (Å²) in [4.78, 5) is 0. The number of methoxy groups -OCH3 is 1. The molecule has 1 aromatic rings. The van der Waals surface area contributed by atoms with Gasteiger partial charge in [-0.15, -0.1) is 0 Å². The van der Waals surface area contributed by atoms with Crippen molar-refractivity contribution in [2.75, 3.05) is 7.11 Å². The summed E-state index contributed by atoms with van der Waals surface area (Å²) in [5.41, 5.74) is 1.24. The molecule has 4 nitrogen and oxygen atoms in total. The summed E-state index contributed by atoms with van der Waals surface area (Å²) >= 11 is 0. The zero-order valence-electron chi connectivity index (χ0n) is 10.1. The lowest BCUT2D eigenvalue weighted by molar-refractivity contribution is 0.0623. The Labute approximate surface area is 97.0 Å². The standard InChI is InChI=1S/C12H21N3O/c1-15-11(7-8-14-15)9-13-10-3-5-12(16-2)6-4-10/h7-8,10,12-13H,3-6,9H2,1-2H3. The van der Waals surface area contributed by atoms with Crippen molar-refractivity contribution in [2.45, 2.75) is 44.4 Å². The van der Waals surface area contributed by atoms with Crippen LogP contribution in [-0.2, 0) is 18.3 Å². The zero-order valence-corrected chi connectivity index (χ0v) is 10.1. The van der Waals surface area contributed by atoms with Crippen LogP contribution in [0.4, 0.5) is 0 Å². The minimum absolute atomic E-state index is 0.481. The molecule has 1 heterocycles. The van der Waals surface area contributed by atoms with Crippen LogP contribution >= 0.6 is 0 Å². The molecule has 4 heteroatoms. The number of nitrogens with zero attached hydrogens (tertiary/aromatic N) is 2. The Balaban J connectivity index is 1.73. The predicted molar refractivity (Wildman–Crippen MR) is 63.1 cm³/mol. The van der Waals surface area contributed by atoms with Gasteiger partial charge < -0.3 is 10.1 Å². The molecular weight excluding hydrogens is 202 g/mol. The first kappa shape index (κ1) is 11.6. The molecule has 0 bridgehead atoms. The molecule has 0 spiro atoms. The predicted octanol–water partition coefficient (Wildman–Crippen LogP) is 1.47. The third kappa shape index (κ3) is 2.83. The Morgan fingerprint density at radius 2 is 2.19 bits per heavy atom. The van der Waals surface area contributed by atoms with Gasteiger partial charge in [-0.3, -0.25) is 4.68 Å². The van der Waals surface area contributed by atoms with Crippen molar-refractivity contribution in [1.29, 1.82) is 0 Å². The minimum atomic E-state index is 0.481. The van der Waals surface area contributed by atoms with Crippen molar-refractivity contribution < 1.29 is 4.74 Å². The van der Waals surface area contributed by atoms with Gasteiger partial charge in [0.15, 0.2) is 0 Å². The molecule has 0 radical (unpaired) electrons. The van der Waals surface area contributed by atoms with Crippen LogP contribution in [0.5, 0.6) is 0 Å². The highest BCUT2D eigenvalue weighted by molar-refractivity contribution is 4.99. The van der Waals surface area contributed by atoms with Gasteiger partial charge in [0.1, 0.15) is 0 Å². The van der Waals surface area contributed by atoms with Gasteiger partial charge in [0.05, 0.1) is 11.8 Å². The maximum atomic E-state index is 5.37. The van der Waals surface area contributed by atoms with Crippen molar-refractivity contribution in [2.24, 2.45) is 7.05 Å². The molecule has 0 amide bonds. The zero-order chi connectivity index (χ0) is 11.4. The quantitative estimate of drug-likeness (QED) is 0.840. The Hall–Kier alpha value is -0.870. The summed E-state index contributed by atoms with van der Waals surface area (Å²) in [7, 11) is 3.80. The average molecular weight is 223 g/mol. The maximum absolute atomic E-state index is 5.37. The van der Waals surface area contributed by atoms with Crippen LogP contribution < -0.4 is 5.32 Å². The van der Waals surface area contributed by atoms with Gasteiger partial charge in [0, 0.05) is 32.9 Å². The molecule has 0 atom stereocenters. The van der Waals surface area contributed by atoms with E-state index < -0.39 is 0 Å². The largest absolute Gasteiger partial charge is 0.381 e. The highest BCUT2D eigenvalue weighted by Crippen LogP contribution is 2.20. The smallest absolute Gasteiger partial charge is 0.0572 e. The summed E-state index contributed by atoms with van der Waals surface area (Å²) in [5.74, 6) is 0. The van der Waals surface area contributed by atoms with Crippen molar-refractivity contribution >= 4 is 0 Å². The van der Waals surface area contributed by atoms with Gasteiger partial charge in [-0.1, -0.05) is 0 Å². The fraction of sp³-hybridized carbons (Fsp3) is 0.750. The summed E-state index contributed by atoms with van der Waals surface area (Å²) in [6, 6.07) is 2.70. The Morgan fingerprint density at radius 3 is 2.75 bits per heavy atom. The SMILES string of the molecule is COC1CCC(NCc2ccnn2C)CC1. The van der Waals surface area contributed by atoms with Crippen molar-refractivity contribution in [1.82, 2.24) is 15.1 Å². The lowest BCUT2D eigenvalue weighted by Crippen LogP contribution is -2.35. The summed E-state index contributed by atoms with van der Waals surface area (Å²) in [6.45, 7) is 0.915. The Bertz CT molecular complexity index is 316. The Kier molecular flexibility index (Phi) is 3.96. The van der Waals surface area contributed by atoms with E-state index in [1.165, 1.54) is 31.4 Å². The fourth-order valence-corrected chi connectivity index (χ4v) is 2.33. The number of ether oxygens (including phenoxy) is 1. The van der Waals surface area contributed by atoms with Gasteiger partial charge in [-0.05, 0) is 31.7 Å². The maximum Gasteiger partial charge on any atom is 0.0572 e. The molecule has 0 unspecified atom stereocenters. The molecule has 1 aliphatic rings. The second-order valence-electron chi connectivity index (χ2n) is 4.54. The van der Waals surface area contributed by atoms with Crippen LogP contribution in [0.3, 0.4) is 0 Å². The number of aromatic nitrogens is 2. The van der Waals surface area contributed by atoms with Crippen molar-refractivity contribution in [3.05, 3.63) is 18.0 Å². The van der Waals surface area contributed by atoms with E-state index in [4.69, 9.17) is 4.74 Å². The number of aryl methyl sites for hydroxylation is 1. The molecule has 1 fully saturated rings.